The molecule has 1 aliphatic rings. The van der Waals surface area contributed by atoms with Gasteiger partial charge in [-0.3, -0.25) is 4.79 Å². The highest BCUT2D eigenvalue weighted by Crippen LogP contribution is 2.35. The normalized spacial score (nSPS) is 13.3. The molecule has 0 aliphatic carbocycles. The topological polar surface area (TPSA) is 61.4 Å². The smallest absolute Gasteiger partial charge is 0.308 e. The number of anilines is 3. The molecular weight excluding hydrogens is 419 g/mol. The molecule has 8 heteroatoms. The minimum Gasteiger partial charge on any atom is -0.308 e. The zero-order valence-corrected chi connectivity index (χ0v) is 16.9. The van der Waals surface area contributed by atoms with Crippen LogP contribution in [-0.4, -0.2) is 18.5 Å². The standard InChI is InChI=1S/C24H20F3N3O2/c25-24(26,27)19-10-4-5-11-20(19)29-23(32)28-18-12-13-21-17(15-18)9-6-14-30(21)22(31)16-7-2-1-3-8-16/h1-5,7-8,10-13,15H,6,9,14H2,(H2,28,29,32). The van der Waals surface area contributed by atoms with E-state index in [1.807, 2.05) is 6.07 Å². The lowest BCUT2D eigenvalue weighted by atomic mass is 10.00. The number of rotatable bonds is 3. The molecule has 164 valence electrons. The summed E-state index contributed by atoms with van der Waals surface area (Å²) in [6.45, 7) is 0.586. The van der Waals surface area contributed by atoms with Gasteiger partial charge in [-0.2, -0.15) is 13.2 Å². The number of benzene rings is 3. The van der Waals surface area contributed by atoms with E-state index in [1.165, 1.54) is 18.2 Å². The summed E-state index contributed by atoms with van der Waals surface area (Å²) < 4.78 is 39.4. The van der Waals surface area contributed by atoms with Crippen molar-refractivity contribution >= 4 is 29.0 Å². The van der Waals surface area contributed by atoms with Crippen LogP contribution >= 0.6 is 0 Å². The summed E-state index contributed by atoms with van der Waals surface area (Å²) in [6, 6.07) is 18.1. The third-order valence-corrected chi connectivity index (χ3v) is 5.20. The molecule has 1 aliphatic heterocycles. The highest BCUT2D eigenvalue weighted by atomic mass is 19.4. The molecule has 0 radical (unpaired) electrons. The number of carbonyl (C=O) groups is 2. The van der Waals surface area contributed by atoms with Crippen LogP contribution in [0.15, 0.2) is 72.8 Å². The Morgan fingerprint density at radius 2 is 1.59 bits per heavy atom. The maximum Gasteiger partial charge on any atom is 0.418 e. The number of alkyl halides is 3. The van der Waals surface area contributed by atoms with Crippen LogP contribution in [0, 0.1) is 0 Å². The summed E-state index contributed by atoms with van der Waals surface area (Å²) in [6.07, 6.45) is -3.09. The number of hydrogen-bond donors (Lipinski definition) is 2. The average molecular weight is 439 g/mol. The Balaban J connectivity index is 1.50. The van der Waals surface area contributed by atoms with Gasteiger partial charge in [0.25, 0.3) is 5.91 Å². The lowest BCUT2D eigenvalue weighted by Gasteiger charge is -2.30. The number of urea groups is 1. The second-order valence-corrected chi connectivity index (χ2v) is 7.39. The van der Waals surface area contributed by atoms with Gasteiger partial charge in [-0.1, -0.05) is 30.3 Å². The highest BCUT2D eigenvalue weighted by Gasteiger charge is 2.33. The van der Waals surface area contributed by atoms with Gasteiger partial charge in [0, 0.05) is 23.5 Å². The van der Waals surface area contributed by atoms with Gasteiger partial charge in [0.1, 0.15) is 0 Å². The number of nitrogens with one attached hydrogen (secondary N) is 2. The Labute approximate surface area is 182 Å². The van der Waals surface area contributed by atoms with Crippen molar-refractivity contribution in [2.45, 2.75) is 19.0 Å². The molecule has 3 aromatic carbocycles. The first kappa shape index (κ1) is 21.4. The Kier molecular flexibility index (Phi) is 5.85. The second-order valence-electron chi connectivity index (χ2n) is 7.39. The third-order valence-electron chi connectivity index (χ3n) is 5.20. The monoisotopic (exact) mass is 439 g/mol. The predicted octanol–water partition coefficient (Wildman–Crippen LogP) is 5.94. The van der Waals surface area contributed by atoms with Crippen LogP contribution in [0.5, 0.6) is 0 Å². The zero-order valence-electron chi connectivity index (χ0n) is 16.9. The molecule has 5 nitrogen and oxygen atoms in total. The molecular formula is C24H20F3N3O2. The van der Waals surface area contributed by atoms with E-state index in [0.29, 0.717) is 17.8 Å². The Bertz CT molecular complexity index is 1150. The minimum absolute atomic E-state index is 0.103. The van der Waals surface area contributed by atoms with Gasteiger partial charge < -0.3 is 15.5 Å². The van der Waals surface area contributed by atoms with Crippen molar-refractivity contribution in [2.75, 3.05) is 22.1 Å². The highest BCUT2D eigenvalue weighted by molar-refractivity contribution is 6.07. The van der Waals surface area contributed by atoms with E-state index in [1.54, 1.807) is 47.4 Å². The van der Waals surface area contributed by atoms with Crippen molar-refractivity contribution in [1.82, 2.24) is 0 Å². The van der Waals surface area contributed by atoms with Crippen LogP contribution in [0.4, 0.5) is 35.0 Å². The average Bonchev–Trinajstić information content (AvgIpc) is 2.78. The molecule has 3 aromatic rings. The van der Waals surface area contributed by atoms with Gasteiger partial charge >= 0.3 is 12.2 Å². The number of nitrogens with zero attached hydrogens (tertiary/aromatic N) is 1. The number of fused-ring (bicyclic) bond motifs is 1. The van der Waals surface area contributed by atoms with Gasteiger partial charge in [0.05, 0.1) is 11.3 Å². The fourth-order valence-electron chi connectivity index (χ4n) is 3.75. The van der Waals surface area contributed by atoms with Crippen molar-refractivity contribution in [3.05, 3.63) is 89.5 Å². The maximum absolute atomic E-state index is 13.1. The molecule has 1 heterocycles. The maximum atomic E-state index is 13.1. The van der Waals surface area contributed by atoms with Crippen LogP contribution in [0.3, 0.4) is 0 Å². The molecule has 2 N–H and O–H groups in total. The zero-order chi connectivity index (χ0) is 22.7. The first-order valence-electron chi connectivity index (χ1n) is 10.1. The molecule has 0 fully saturated rings. The SMILES string of the molecule is O=C(Nc1ccc2c(c1)CCCN2C(=O)c1ccccc1)Nc1ccccc1C(F)(F)F. The summed E-state index contributed by atoms with van der Waals surface area (Å²) in [4.78, 5) is 26.9. The number of amides is 3. The van der Waals surface area contributed by atoms with Crippen molar-refractivity contribution in [3.8, 4) is 0 Å². The summed E-state index contributed by atoms with van der Waals surface area (Å²) >= 11 is 0. The lowest BCUT2D eigenvalue weighted by molar-refractivity contribution is -0.136. The van der Waals surface area contributed by atoms with Crippen molar-refractivity contribution < 1.29 is 22.8 Å². The molecule has 0 spiro atoms. The van der Waals surface area contributed by atoms with Gasteiger partial charge in [0.15, 0.2) is 0 Å². The summed E-state index contributed by atoms with van der Waals surface area (Å²) in [5, 5.41) is 4.83. The Morgan fingerprint density at radius 3 is 2.34 bits per heavy atom. The summed E-state index contributed by atoms with van der Waals surface area (Å²) in [5.41, 5.74) is 1.42. The Hall–Kier alpha value is -3.81. The third kappa shape index (κ3) is 4.59. The van der Waals surface area contributed by atoms with Gasteiger partial charge in [-0.05, 0) is 60.9 Å². The fraction of sp³-hybridized carbons (Fsp3) is 0.167. The van der Waals surface area contributed by atoms with E-state index in [4.69, 9.17) is 0 Å². The van der Waals surface area contributed by atoms with E-state index in [0.717, 1.165) is 30.2 Å². The number of halogens is 3. The fourth-order valence-corrected chi connectivity index (χ4v) is 3.75. The number of para-hydroxylation sites is 1. The molecule has 4 rings (SSSR count). The quantitative estimate of drug-likeness (QED) is 0.530. The molecule has 0 saturated carbocycles. The molecule has 3 amide bonds. The van der Waals surface area contributed by atoms with Crippen molar-refractivity contribution in [3.63, 3.8) is 0 Å². The number of aryl methyl sites for hydroxylation is 1. The lowest BCUT2D eigenvalue weighted by Crippen LogP contribution is -2.35. The van der Waals surface area contributed by atoms with E-state index in [-0.39, 0.29) is 11.6 Å². The van der Waals surface area contributed by atoms with Crippen molar-refractivity contribution in [1.29, 1.82) is 0 Å². The van der Waals surface area contributed by atoms with E-state index >= 15 is 0 Å². The first-order chi connectivity index (χ1) is 15.3. The second kappa shape index (κ2) is 8.74. The van der Waals surface area contributed by atoms with Gasteiger partial charge in [-0.15, -0.1) is 0 Å². The van der Waals surface area contributed by atoms with Crippen LogP contribution in [-0.2, 0) is 12.6 Å². The minimum atomic E-state index is -4.58. The number of carbonyl (C=O) groups excluding carboxylic acids is 2. The van der Waals surface area contributed by atoms with Crippen LogP contribution in [0.25, 0.3) is 0 Å². The molecule has 0 aromatic heterocycles. The first-order valence-corrected chi connectivity index (χ1v) is 10.1. The van der Waals surface area contributed by atoms with Crippen molar-refractivity contribution in [2.24, 2.45) is 0 Å². The van der Waals surface area contributed by atoms with Crippen LogP contribution < -0.4 is 15.5 Å². The van der Waals surface area contributed by atoms with Gasteiger partial charge in [-0.25, -0.2) is 4.79 Å². The largest absolute Gasteiger partial charge is 0.418 e. The molecule has 0 bridgehead atoms. The Morgan fingerprint density at radius 1 is 0.875 bits per heavy atom. The number of hydrogen-bond acceptors (Lipinski definition) is 2. The van der Waals surface area contributed by atoms with E-state index in [2.05, 4.69) is 10.6 Å². The summed E-state index contributed by atoms with van der Waals surface area (Å²) in [5.74, 6) is -0.103. The van der Waals surface area contributed by atoms with Crippen LogP contribution in [0.1, 0.15) is 27.9 Å². The van der Waals surface area contributed by atoms with Gasteiger partial charge in [0.2, 0.25) is 0 Å². The molecule has 0 atom stereocenters. The molecule has 32 heavy (non-hydrogen) atoms. The predicted molar refractivity (Wildman–Crippen MR) is 117 cm³/mol. The van der Waals surface area contributed by atoms with E-state index in [9.17, 15) is 22.8 Å². The molecule has 0 unspecified atom stereocenters. The molecule has 0 saturated heterocycles. The van der Waals surface area contributed by atoms with Crippen LogP contribution in [0.2, 0.25) is 0 Å². The van der Waals surface area contributed by atoms with E-state index < -0.39 is 17.8 Å². The summed E-state index contributed by atoms with van der Waals surface area (Å²) in [7, 11) is 0.